The summed E-state index contributed by atoms with van der Waals surface area (Å²) in [7, 11) is 0. The van der Waals surface area contributed by atoms with E-state index in [0.29, 0.717) is 17.1 Å². The topological polar surface area (TPSA) is 126 Å². The van der Waals surface area contributed by atoms with E-state index in [1.165, 1.54) is 34.9 Å². The van der Waals surface area contributed by atoms with Crippen LogP contribution < -0.4 is 16.0 Å². The zero-order valence-electron chi connectivity index (χ0n) is 36.4. The third kappa shape index (κ3) is 8.86. The van der Waals surface area contributed by atoms with E-state index in [2.05, 4.69) is 73.1 Å². The maximum atomic E-state index is 14.0. The lowest BCUT2D eigenvalue weighted by molar-refractivity contribution is 0.102. The molecule has 0 fully saturated rings. The van der Waals surface area contributed by atoms with Gasteiger partial charge in [-0.1, -0.05) is 89.5 Å². The van der Waals surface area contributed by atoms with Gasteiger partial charge in [-0.15, -0.1) is 0 Å². The number of hydrogen-bond donors (Lipinski definition) is 3. The molecule has 10 rings (SSSR count). The molecule has 7 aromatic carbocycles. The predicted octanol–water partition coefficient (Wildman–Crippen LogP) is 13.0. The normalized spacial score (nSPS) is 11.1. The van der Waals surface area contributed by atoms with E-state index in [-0.39, 0.29) is 16.7 Å². The summed E-state index contributed by atoms with van der Waals surface area (Å²) in [4.78, 5) is 56.3. The van der Waals surface area contributed by atoms with E-state index < -0.39 is 17.7 Å². The van der Waals surface area contributed by atoms with Crippen molar-refractivity contribution in [3.8, 4) is 33.8 Å². The van der Waals surface area contributed by atoms with Crippen molar-refractivity contribution in [2.75, 3.05) is 16.0 Å². The van der Waals surface area contributed by atoms with Crippen LogP contribution in [0, 0.1) is 20.8 Å². The number of pyridine rings is 3. The fourth-order valence-electron chi connectivity index (χ4n) is 8.02. The fourth-order valence-corrected chi connectivity index (χ4v) is 8.02. The zero-order chi connectivity index (χ0) is 45.3. The molecule has 0 spiro atoms. The summed E-state index contributed by atoms with van der Waals surface area (Å²) in [5.74, 6) is -1.47. The van der Waals surface area contributed by atoms with Gasteiger partial charge in [-0.05, 0) is 130 Å². The van der Waals surface area contributed by atoms with Gasteiger partial charge in [0.1, 0.15) is 0 Å². The molecule has 0 saturated heterocycles. The van der Waals surface area contributed by atoms with Crippen molar-refractivity contribution >= 4 is 67.5 Å². The van der Waals surface area contributed by atoms with Gasteiger partial charge in [-0.3, -0.25) is 14.4 Å². The van der Waals surface area contributed by atoms with Crippen LogP contribution in [0.3, 0.4) is 0 Å². The van der Waals surface area contributed by atoms with Crippen LogP contribution in [0.15, 0.2) is 182 Å². The minimum absolute atomic E-state index is 0.129. The number of carbonyl (C=O) groups is 3. The molecule has 0 saturated carbocycles. The average molecular weight is 859 g/mol. The Bertz CT molecular complexity index is 3150. The molecule has 3 N–H and O–H groups in total. The molecular formula is C57H42N6O3. The van der Waals surface area contributed by atoms with Crippen LogP contribution in [-0.4, -0.2) is 32.7 Å². The Morgan fingerprint density at radius 3 is 0.864 bits per heavy atom. The number of rotatable bonds is 9. The second-order valence-corrected chi connectivity index (χ2v) is 16.6. The largest absolute Gasteiger partial charge is 0.322 e. The molecular weight excluding hydrogens is 817 g/mol. The molecule has 9 heteroatoms. The van der Waals surface area contributed by atoms with E-state index in [9.17, 15) is 14.4 Å². The lowest BCUT2D eigenvalue weighted by Gasteiger charge is -2.13. The van der Waals surface area contributed by atoms with Gasteiger partial charge in [0.2, 0.25) is 0 Å². The molecule has 66 heavy (non-hydrogen) atoms. The number of aromatic nitrogens is 3. The number of hydrogen-bond acceptors (Lipinski definition) is 6. The molecule has 10 aromatic rings. The van der Waals surface area contributed by atoms with Crippen molar-refractivity contribution < 1.29 is 14.4 Å². The minimum Gasteiger partial charge on any atom is -0.322 e. The Balaban J connectivity index is 0.895. The Morgan fingerprint density at radius 1 is 0.318 bits per heavy atom. The summed E-state index contributed by atoms with van der Waals surface area (Å²) in [6.07, 6.45) is 0. The monoisotopic (exact) mass is 858 g/mol. The highest BCUT2D eigenvalue weighted by molar-refractivity contribution is 6.13. The molecule has 3 amide bonds. The van der Waals surface area contributed by atoms with E-state index >= 15 is 0 Å². The summed E-state index contributed by atoms with van der Waals surface area (Å²) in [5.41, 5.74) is 13.3. The molecule has 0 aliphatic carbocycles. The van der Waals surface area contributed by atoms with Crippen LogP contribution in [0.5, 0.6) is 0 Å². The number of fused-ring (bicyclic) bond motifs is 3. The zero-order valence-corrected chi connectivity index (χ0v) is 36.4. The number of carbonyl (C=O) groups excluding carboxylic acids is 3. The first-order valence-corrected chi connectivity index (χ1v) is 21.6. The Hall–Kier alpha value is -8.82. The van der Waals surface area contributed by atoms with Gasteiger partial charge in [0.05, 0.1) is 33.6 Å². The van der Waals surface area contributed by atoms with Crippen molar-refractivity contribution in [2.24, 2.45) is 0 Å². The van der Waals surface area contributed by atoms with E-state index in [4.69, 9.17) is 15.0 Å². The highest BCUT2D eigenvalue weighted by atomic mass is 16.2. The van der Waals surface area contributed by atoms with Gasteiger partial charge in [0, 0.05) is 66.6 Å². The summed E-state index contributed by atoms with van der Waals surface area (Å²) >= 11 is 0. The van der Waals surface area contributed by atoms with Crippen molar-refractivity contribution in [3.63, 3.8) is 0 Å². The van der Waals surface area contributed by atoms with Crippen molar-refractivity contribution in [1.29, 1.82) is 0 Å². The van der Waals surface area contributed by atoms with Crippen molar-refractivity contribution in [3.05, 3.63) is 215 Å². The Morgan fingerprint density at radius 2 is 0.591 bits per heavy atom. The Kier molecular flexibility index (Phi) is 10.9. The standard InChI is InChI=1S/C57H42N6O3/c1-34-4-22-52-40(28-34)13-25-49(61-52)37-7-16-46(17-8-37)58-55(64)43-31-44(56(65)59-47-18-9-38(10-19-47)50-26-14-41-29-35(2)5-23-53(41)62-50)33-45(32-43)57(66)60-48-20-11-39(12-21-48)51-27-15-42-30-36(3)6-24-54(42)63-51/h4-33H,1-3H3,(H,58,64)(H,59,65)(H,60,66). The highest BCUT2D eigenvalue weighted by Crippen LogP contribution is 2.28. The number of aryl methyl sites for hydroxylation is 3. The van der Waals surface area contributed by atoms with Crippen molar-refractivity contribution in [1.82, 2.24) is 15.0 Å². The third-order valence-corrected chi connectivity index (χ3v) is 11.6. The van der Waals surface area contributed by atoms with Gasteiger partial charge in [0.15, 0.2) is 0 Å². The van der Waals surface area contributed by atoms with Crippen LogP contribution in [0.4, 0.5) is 17.1 Å². The van der Waals surface area contributed by atoms with Crippen LogP contribution in [0.25, 0.3) is 66.5 Å². The number of anilines is 3. The molecule has 0 bridgehead atoms. The van der Waals surface area contributed by atoms with Crippen LogP contribution in [0.2, 0.25) is 0 Å². The number of nitrogens with one attached hydrogen (secondary N) is 3. The van der Waals surface area contributed by atoms with E-state index in [1.807, 2.05) is 91.0 Å². The molecule has 9 nitrogen and oxygen atoms in total. The van der Waals surface area contributed by atoms with Gasteiger partial charge in [-0.2, -0.15) is 0 Å². The second-order valence-electron chi connectivity index (χ2n) is 16.6. The number of nitrogens with zero attached hydrogens (tertiary/aromatic N) is 3. The second kappa shape index (κ2) is 17.4. The fraction of sp³-hybridized carbons (Fsp3) is 0.0526. The van der Waals surface area contributed by atoms with Crippen LogP contribution >= 0.6 is 0 Å². The van der Waals surface area contributed by atoms with Gasteiger partial charge >= 0.3 is 0 Å². The lowest BCUT2D eigenvalue weighted by Crippen LogP contribution is -2.19. The van der Waals surface area contributed by atoms with Gasteiger partial charge in [0.25, 0.3) is 17.7 Å². The Labute approximate surface area is 381 Å². The maximum Gasteiger partial charge on any atom is 0.255 e. The van der Waals surface area contributed by atoms with E-state index in [1.54, 1.807) is 36.4 Å². The molecule has 0 radical (unpaired) electrons. The lowest BCUT2D eigenvalue weighted by atomic mass is 10.0. The average Bonchev–Trinajstić information content (AvgIpc) is 3.34. The molecule has 3 aromatic heterocycles. The third-order valence-electron chi connectivity index (χ3n) is 11.6. The SMILES string of the molecule is Cc1ccc2nc(-c3ccc(NC(=O)c4cc(C(=O)Nc5ccc(-c6ccc7cc(C)ccc7n6)cc5)cc(C(=O)Nc5ccc(-c6ccc7cc(C)ccc7n6)cc5)c4)cc3)ccc2c1. The molecule has 0 aliphatic heterocycles. The first-order valence-electron chi connectivity index (χ1n) is 21.6. The number of amides is 3. The van der Waals surface area contributed by atoms with Gasteiger partial charge < -0.3 is 16.0 Å². The molecule has 0 unspecified atom stereocenters. The smallest absolute Gasteiger partial charge is 0.255 e. The molecule has 0 atom stereocenters. The van der Waals surface area contributed by atoms with Gasteiger partial charge in [-0.25, -0.2) is 15.0 Å². The maximum absolute atomic E-state index is 14.0. The molecule has 3 heterocycles. The first kappa shape index (κ1) is 41.2. The summed E-state index contributed by atoms with van der Waals surface area (Å²) in [6, 6.07) is 57.2. The summed E-state index contributed by atoms with van der Waals surface area (Å²) in [5, 5.41) is 12.0. The molecule has 0 aliphatic rings. The van der Waals surface area contributed by atoms with E-state index in [0.717, 1.165) is 66.5 Å². The number of benzene rings is 7. The molecule has 318 valence electrons. The quantitative estimate of drug-likeness (QED) is 0.133. The first-order chi connectivity index (χ1) is 32.1. The van der Waals surface area contributed by atoms with Crippen LogP contribution in [0.1, 0.15) is 47.8 Å². The highest BCUT2D eigenvalue weighted by Gasteiger charge is 2.18. The summed E-state index contributed by atoms with van der Waals surface area (Å²) < 4.78 is 0. The predicted molar refractivity (Wildman–Crippen MR) is 266 cm³/mol. The summed E-state index contributed by atoms with van der Waals surface area (Å²) in [6.45, 7) is 6.16. The van der Waals surface area contributed by atoms with Crippen molar-refractivity contribution in [2.45, 2.75) is 20.8 Å². The minimum atomic E-state index is -0.490. The van der Waals surface area contributed by atoms with Crippen LogP contribution in [-0.2, 0) is 0 Å².